The second kappa shape index (κ2) is 5.40. The first kappa shape index (κ1) is 11.6. The van der Waals surface area contributed by atoms with Gasteiger partial charge in [0.2, 0.25) is 0 Å². The normalized spacial score (nSPS) is 19.4. The van der Waals surface area contributed by atoms with E-state index in [9.17, 15) is 4.79 Å². The lowest BCUT2D eigenvalue weighted by Gasteiger charge is -2.28. The zero-order chi connectivity index (χ0) is 11.3. The van der Waals surface area contributed by atoms with Crippen molar-refractivity contribution < 1.29 is 9.53 Å². The van der Waals surface area contributed by atoms with Crippen molar-refractivity contribution in [3.8, 4) is 6.07 Å². The van der Waals surface area contributed by atoms with Gasteiger partial charge < -0.3 is 9.64 Å². The Hall–Kier alpha value is -1.50. The number of hydrogen-bond acceptors (Lipinski definition) is 4. The van der Waals surface area contributed by atoms with Gasteiger partial charge >= 0.3 is 5.97 Å². The van der Waals surface area contributed by atoms with Crippen LogP contribution >= 0.6 is 0 Å². The number of likely N-dealkylation sites (tertiary alicyclic amines) is 1. The maximum atomic E-state index is 11.5. The average molecular weight is 208 g/mol. The van der Waals surface area contributed by atoms with Gasteiger partial charge in [0.05, 0.1) is 6.61 Å². The van der Waals surface area contributed by atoms with Crippen LogP contribution in [0.3, 0.4) is 0 Å². The van der Waals surface area contributed by atoms with Gasteiger partial charge in [0.1, 0.15) is 6.07 Å². The molecule has 0 N–H and O–H groups in total. The first-order valence-electron chi connectivity index (χ1n) is 5.22. The van der Waals surface area contributed by atoms with Crippen LogP contribution in [0, 0.1) is 11.3 Å². The van der Waals surface area contributed by atoms with Crippen LogP contribution in [0.25, 0.3) is 0 Å². The molecule has 1 aliphatic heterocycles. The number of nitriles is 1. The van der Waals surface area contributed by atoms with Gasteiger partial charge in [-0.3, -0.25) is 0 Å². The molecule has 1 saturated heterocycles. The van der Waals surface area contributed by atoms with Gasteiger partial charge in [-0.25, -0.2) is 4.79 Å². The van der Waals surface area contributed by atoms with Crippen LogP contribution in [0.15, 0.2) is 11.3 Å². The topological polar surface area (TPSA) is 53.3 Å². The second-order valence-corrected chi connectivity index (χ2v) is 3.53. The molecule has 0 atom stereocenters. The lowest BCUT2D eigenvalue weighted by atomic mass is 10.0. The Morgan fingerprint density at radius 2 is 2.33 bits per heavy atom. The highest BCUT2D eigenvalue weighted by Gasteiger charge is 2.21. The molecular weight excluding hydrogens is 192 g/mol. The average Bonchev–Trinajstić information content (AvgIpc) is 2.22. The van der Waals surface area contributed by atoms with Gasteiger partial charge in [0, 0.05) is 19.3 Å². The van der Waals surface area contributed by atoms with Gasteiger partial charge in [-0.15, -0.1) is 0 Å². The largest absolute Gasteiger partial charge is 0.462 e. The van der Waals surface area contributed by atoms with Crippen LogP contribution < -0.4 is 0 Å². The minimum absolute atomic E-state index is 0.166. The predicted octanol–water partition coefficient (Wildman–Crippen LogP) is 1.44. The lowest BCUT2D eigenvalue weighted by Crippen LogP contribution is -2.26. The highest BCUT2D eigenvalue weighted by atomic mass is 16.5. The summed E-state index contributed by atoms with van der Waals surface area (Å²) in [6.45, 7) is 2.95. The summed E-state index contributed by atoms with van der Waals surface area (Å²) < 4.78 is 4.85. The number of rotatable bonds is 2. The first-order valence-corrected chi connectivity index (χ1v) is 5.22. The summed E-state index contributed by atoms with van der Waals surface area (Å²) in [5, 5.41) is 8.96. The fraction of sp³-hybridized carbons (Fsp3) is 0.636. The Morgan fingerprint density at radius 3 is 2.87 bits per heavy atom. The molecule has 0 aliphatic carbocycles. The molecule has 0 saturated carbocycles. The molecule has 0 amide bonds. The monoisotopic (exact) mass is 208 g/mol. The van der Waals surface area contributed by atoms with E-state index < -0.39 is 5.97 Å². The molecule has 0 aromatic heterocycles. The van der Waals surface area contributed by atoms with Crippen molar-refractivity contribution >= 4 is 5.97 Å². The van der Waals surface area contributed by atoms with Crippen LogP contribution in [0.1, 0.15) is 26.2 Å². The highest BCUT2D eigenvalue weighted by molar-refractivity contribution is 5.93. The number of nitrogens with zero attached hydrogens (tertiary/aromatic N) is 2. The van der Waals surface area contributed by atoms with Crippen LogP contribution in [0.4, 0.5) is 0 Å². The third kappa shape index (κ3) is 2.72. The fourth-order valence-corrected chi connectivity index (χ4v) is 1.71. The van der Waals surface area contributed by atoms with Crippen molar-refractivity contribution in [2.24, 2.45) is 0 Å². The van der Waals surface area contributed by atoms with Crippen molar-refractivity contribution in [3.63, 3.8) is 0 Å². The molecule has 0 bridgehead atoms. The molecule has 1 fully saturated rings. The molecule has 15 heavy (non-hydrogen) atoms. The molecule has 1 heterocycles. The van der Waals surface area contributed by atoms with E-state index in [4.69, 9.17) is 10.00 Å². The maximum absolute atomic E-state index is 11.5. The fourth-order valence-electron chi connectivity index (χ4n) is 1.71. The van der Waals surface area contributed by atoms with Crippen molar-refractivity contribution in [3.05, 3.63) is 11.3 Å². The van der Waals surface area contributed by atoms with E-state index in [2.05, 4.69) is 0 Å². The van der Waals surface area contributed by atoms with E-state index >= 15 is 0 Å². The number of carbonyl (C=O) groups excluding carboxylic acids is 1. The Bertz CT molecular complexity index is 315. The van der Waals surface area contributed by atoms with E-state index in [0.717, 1.165) is 31.5 Å². The number of hydrogen-bond donors (Lipinski definition) is 0. The third-order valence-corrected chi connectivity index (χ3v) is 2.50. The first-order chi connectivity index (χ1) is 7.20. The number of ether oxygens (including phenoxy) is 1. The summed E-state index contributed by atoms with van der Waals surface area (Å²) in [5.74, 6) is -0.497. The minimum Gasteiger partial charge on any atom is -0.462 e. The summed E-state index contributed by atoms with van der Waals surface area (Å²) in [4.78, 5) is 13.5. The summed E-state index contributed by atoms with van der Waals surface area (Å²) >= 11 is 0. The van der Waals surface area contributed by atoms with E-state index in [0.29, 0.717) is 6.61 Å². The molecular formula is C11H16N2O2. The van der Waals surface area contributed by atoms with Gasteiger partial charge in [-0.05, 0) is 26.2 Å². The highest BCUT2D eigenvalue weighted by Crippen LogP contribution is 2.22. The number of carbonyl (C=O) groups is 1. The van der Waals surface area contributed by atoms with E-state index in [1.54, 1.807) is 6.92 Å². The summed E-state index contributed by atoms with van der Waals surface area (Å²) in [6, 6.07) is 1.95. The van der Waals surface area contributed by atoms with E-state index in [-0.39, 0.29) is 5.57 Å². The smallest absolute Gasteiger partial charge is 0.350 e. The Labute approximate surface area is 90.1 Å². The van der Waals surface area contributed by atoms with Crippen LogP contribution in [0.2, 0.25) is 0 Å². The number of esters is 1. The lowest BCUT2D eigenvalue weighted by molar-refractivity contribution is -0.138. The Balaban J connectivity index is 2.91. The zero-order valence-corrected chi connectivity index (χ0v) is 9.25. The van der Waals surface area contributed by atoms with Gasteiger partial charge in [0.15, 0.2) is 5.57 Å². The standard InChI is InChI=1S/C11H16N2O2/c1-3-15-11(14)9(8-12)10-6-4-5-7-13(10)2/h3-7H2,1-2H3. The molecule has 0 spiro atoms. The summed E-state index contributed by atoms with van der Waals surface area (Å²) in [6.07, 6.45) is 2.93. The van der Waals surface area contributed by atoms with Gasteiger partial charge in [-0.2, -0.15) is 5.26 Å². The van der Waals surface area contributed by atoms with Crippen LogP contribution in [0.5, 0.6) is 0 Å². The van der Waals surface area contributed by atoms with Crippen LogP contribution in [-0.2, 0) is 9.53 Å². The van der Waals surface area contributed by atoms with Crippen LogP contribution in [-0.4, -0.2) is 31.1 Å². The van der Waals surface area contributed by atoms with Crippen molar-refractivity contribution in [2.45, 2.75) is 26.2 Å². The molecule has 1 aliphatic rings. The second-order valence-electron chi connectivity index (χ2n) is 3.53. The van der Waals surface area contributed by atoms with E-state index in [1.807, 2.05) is 18.0 Å². The SMILES string of the molecule is CCOC(=O)C(C#N)=C1CCCCN1C. The molecule has 0 unspecified atom stereocenters. The Kier molecular flexibility index (Phi) is 4.17. The molecule has 1 rings (SSSR count). The zero-order valence-electron chi connectivity index (χ0n) is 9.25. The summed E-state index contributed by atoms with van der Waals surface area (Å²) in [7, 11) is 1.91. The van der Waals surface area contributed by atoms with Gasteiger partial charge in [0.25, 0.3) is 0 Å². The minimum atomic E-state index is -0.497. The molecule has 0 aromatic rings. The molecule has 0 aromatic carbocycles. The summed E-state index contributed by atoms with van der Waals surface area (Å²) in [5.41, 5.74) is 0.987. The quantitative estimate of drug-likeness (QED) is 0.391. The number of allylic oxidation sites excluding steroid dienone is 1. The molecule has 4 nitrogen and oxygen atoms in total. The van der Waals surface area contributed by atoms with Crippen molar-refractivity contribution in [1.29, 1.82) is 5.26 Å². The maximum Gasteiger partial charge on any atom is 0.350 e. The van der Waals surface area contributed by atoms with Crippen molar-refractivity contribution in [1.82, 2.24) is 4.90 Å². The predicted molar refractivity (Wildman–Crippen MR) is 55.8 cm³/mol. The van der Waals surface area contributed by atoms with E-state index in [1.165, 1.54) is 0 Å². The Morgan fingerprint density at radius 1 is 1.60 bits per heavy atom. The molecule has 4 heteroatoms. The molecule has 82 valence electrons. The number of piperidine rings is 1. The third-order valence-electron chi connectivity index (χ3n) is 2.50. The molecule has 0 radical (unpaired) electrons. The van der Waals surface area contributed by atoms with Crippen molar-refractivity contribution in [2.75, 3.05) is 20.2 Å². The van der Waals surface area contributed by atoms with Gasteiger partial charge in [-0.1, -0.05) is 0 Å².